The molecule has 4 rings (SSSR count). The number of sulfone groups is 1. The van der Waals surface area contributed by atoms with Gasteiger partial charge in [0.1, 0.15) is 26.9 Å². The van der Waals surface area contributed by atoms with E-state index in [1.807, 2.05) is 0 Å². The molecule has 0 atom stereocenters. The topological polar surface area (TPSA) is 134 Å². The number of pyridine rings is 1. The van der Waals surface area contributed by atoms with Crippen molar-refractivity contribution in [1.29, 1.82) is 0 Å². The Hall–Kier alpha value is -3.58. The quantitative estimate of drug-likeness (QED) is 0.383. The summed E-state index contributed by atoms with van der Waals surface area (Å²) in [6, 6.07) is 6.49. The van der Waals surface area contributed by atoms with E-state index in [-0.39, 0.29) is 21.2 Å². The highest BCUT2D eigenvalue weighted by Crippen LogP contribution is 2.36. The normalized spacial score (nSPS) is 12.6. The van der Waals surface area contributed by atoms with Crippen molar-refractivity contribution >= 4 is 31.2 Å². The Morgan fingerprint density at radius 3 is 2.22 bits per heavy atom. The van der Waals surface area contributed by atoms with Crippen LogP contribution in [-0.2, 0) is 26.9 Å². The lowest BCUT2D eigenvalue weighted by atomic mass is 10.1. The predicted molar refractivity (Wildman–Crippen MR) is 135 cm³/mol. The Kier molecular flexibility index (Phi) is 6.25. The van der Waals surface area contributed by atoms with E-state index < -0.39 is 24.6 Å². The molecule has 0 bridgehead atoms. The van der Waals surface area contributed by atoms with Gasteiger partial charge in [-0.1, -0.05) is 0 Å². The summed E-state index contributed by atoms with van der Waals surface area (Å²) in [7, 11) is -3.23. The largest absolute Gasteiger partial charge is 0.495 e. The van der Waals surface area contributed by atoms with Gasteiger partial charge in [0.05, 0.1) is 42.7 Å². The molecule has 13 heteroatoms. The van der Waals surface area contributed by atoms with Gasteiger partial charge in [-0.25, -0.2) is 21.8 Å². The Labute approximate surface area is 209 Å². The van der Waals surface area contributed by atoms with Crippen LogP contribution in [0.15, 0.2) is 58.8 Å². The summed E-state index contributed by atoms with van der Waals surface area (Å²) < 4.78 is 67.5. The fourth-order valence-corrected chi connectivity index (χ4v) is 5.94. The number of nitrogens with zero attached hydrogens (tertiary/aromatic N) is 4. The molecule has 1 N–H and O–H groups in total. The number of aryl methyl sites for hydroxylation is 1. The number of benzene rings is 1. The molecule has 0 radical (unpaired) electrons. The summed E-state index contributed by atoms with van der Waals surface area (Å²) in [6.45, 7) is 4.85. The SMILES string of the molecule is COc1ccc(-c2cnc3cc(OC)c(S(=O)(=O)C(C)(C)C)cn23)cc1NS(=O)(=O)c1cnn(C)c1. The molecule has 3 heterocycles. The van der Waals surface area contributed by atoms with Gasteiger partial charge in [-0.2, -0.15) is 5.10 Å². The number of hydrogen-bond acceptors (Lipinski definition) is 8. The van der Waals surface area contributed by atoms with Crippen LogP contribution in [0.3, 0.4) is 0 Å². The van der Waals surface area contributed by atoms with Crippen LogP contribution in [0, 0.1) is 0 Å². The van der Waals surface area contributed by atoms with E-state index in [0.717, 1.165) is 0 Å². The fraction of sp³-hybridized carbons (Fsp3) is 0.304. The highest BCUT2D eigenvalue weighted by Gasteiger charge is 2.34. The van der Waals surface area contributed by atoms with Crippen molar-refractivity contribution in [3.05, 3.63) is 49.1 Å². The van der Waals surface area contributed by atoms with Crippen molar-refractivity contribution in [2.45, 2.75) is 35.3 Å². The average Bonchev–Trinajstić information content (AvgIpc) is 3.43. The minimum Gasteiger partial charge on any atom is -0.495 e. The molecular weight excluding hydrogens is 506 g/mol. The Bertz CT molecular complexity index is 1660. The first kappa shape index (κ1) is 25.5. The third-order valence-electron chi connectivity index (χ3n) is 5.62. The summed E-state index contributed by atoms with van der Waals surface area (Å²) in [5, 5.41) is 3.91. The first-order valence-corrected chi connectivity index (χ1v) is 13.7. The zero-order valence-electron chi connectivity index (χ0n) is 20.7. The van der Waals surface area contributed by atoms with Gasteiger partial charge in [-0.05, 0) is 39.0 Å². The van der Waals surface area contributed by atoms with E-state index in [1.165, 1.54) is 37.5 Å². The number of methoxy groups -OCH3 is 2. The van der Waals surface area contributed by atoms with Gasteiger partial charge in [0, 0.05) is 31.1 Å². The third-order valence-corrected chi connectivity index (χ3v) is 9.44. The Balaban J connectivity index is 1.86. The summed E-state index contributed by atoms with van der Waals surface area (Å²) in [6.07, 6.45) is 5.67. The highest BCUT2D eigenvalue weighted by atomic mass is 32.2. The van der Waals surface area contributed by atoms with Crippen molar-refractivity contribution in [1.82, 2.24) is 19.2 Å². The molecule has 0 saturated carbocycles. The second-order valence-electron chi connectivity index (χ2n) is 9.06. The lowest BCUT2D eigenvalue weighted by molar-refractivity contribution is 0.401. The molecule has 0 spiro atoms. The van der Waals surface area contributed by atoms with Gasteiger partial charge in [0.25, 0.3) is 10.0 Å². The highest BCUT2D eigenvalue weighted by molar-refractivity contribution is 7.93. The van der Waals surface area contributed by atoms with E-state index in [1.54, 1.807) is 62.7 Å². The summed E-state index contributed by atoms with van der Waals surface area (Å²) >= 11 is 0. The van der Waals surface area contributed by atoms with Gasteiger partial charge in [0.2, 0.25) is 0 Å². The van der Waals surface area contributed by atoms with Gasteiger partial charge in [0.15, 0.2) is 9.84 Å². The maximum atomic E-state index is 13.3. The van der Waals surface area contributed by atoms with Gasteiger partial charge in [-0.15, -0.1) is 0 Å². The summed E-state index contributed by atoms with van der Waals surface area (Å²) in [5.41, 5.74) is 1.78. The average molecular weight is 534 g/mol. The van der Waals surface area contributed by atoms with Crippen molar-refractivity contribution < 1.29 is 26.3 Å². The number of rotatable bonds is 7. The zero-order chi connectivity index (χ0) is 26.5. The molecule has 0 unspecified atom stereocenters. The van der Waals surface area contributed by atoms with Crippen molar-refractivity contribution in [2.75, 3.05) is 18.9 Å². The second kappa shape index (κ2) is 8.82. The minimum absolute atomic E-state index is 0.00335. The van der Waals surface area contributed by atoms with Crippen LogP contribution >= 0.6 is 0 Å². The molecule has 0 amide bonds. The first-order valence-electron chi connectivity index (χ1n) is 10.8. The van der Waals surface area contributed by atoms with Crippen LogP contribution < -0.4 is 14.2 Å². The van der Waals surface area contributed by atoms with E-state index in [9.17, 15) is 16.8 Å². The van der Waals surface area contributed by atoms with E-state index in [2.05, 4.69) is 14.8 Å². The molecule has 0 aliphatic carbocycles. The number of aromatic nitrogens is 4. The molecule has 0 aliphatic heterocycles. The van der Waals surface area contributed by atoms with Crippen LogP contribution in [0.4, 0.5) is 5.69 Å². The first-order chi connectivity index (χ1) is 16.8. The molecule has 4 aromatic rings. The molecule has 192 valence electrons. The molecule has 0 aliphatic rings. The van der Waals surface area contributed by atoms with Crippen molar-refractivity contribution in [3.8, 4) is 22.8 Å². The Morgan fingerprint density at radius 2 is 1.64 bits per heavy atom. The Morgan fingerprint density at radius 1 is 0.944 bits per heavy atom. The zero-order valence-corrected chi connectivity index (χ0v) is 22.3. The van der Waals surface area contributed by atoms with Gasteiger partial charge < -0.3 is 9.47 Å². The fourth-order valence-electron chi connectivity index (χ4n) is 3.58. The second-order valence-corrected chi connectivity index (χ2v) is 13.4. The van der Waals surface area contributed by atoms with E-state index in [0.29, 0.717) is 22.7 Å². The van der Waals surface area contributed by atoms with Crippen LogP contribution in [0.1, 0.15) is 20.8 Å². The van der Waals surface area contributed by atoms with Gasteiger partial charge >= 0.3 is 0 Å². The van der Waals surface area contributed by atoms with Crippen molar-refractivity contribution in [2.24, 2.45) is 7.05 Å². The maximum Gasteiger partial charge on any atom is 0.265 e. The lowest BCUT2D eigenvalue weighted by Crippen LogP contribution is -2.28. The van der Waals surface area contributed by atoms with E-state index in [4.69, 9.17) is 9.47 Å². The maximum absolute atomic E-state index is 13.3. The smallest absolute Gasteiger partial charge is 0.265 e. The third kappa shape index (κ3) is 4.39. The number of nitrogens with one attached hydrogen (secondary N) is 1. The number of sulfonamides is 1. The minimum atomic E-state index is -3.94. The lowest BCUT2D eigenvalue weighted by Gasteiger charge is -2.21. The molecule has 3 aromatic heterocycles. The number of imidazole rings is 1. The number of anilines is 1. The van der Waals surface area contributed by atoms with Crippen LogP contribution in [-0.4, -0.2) is 55.0 Å². The monoisotopic (exact) mass is 533 g/mol. The van der Waals surface area contributed by atoms with Gasteiger partial charge in [-0.3, -0.25) is 13.8 Å². The molecule has 11 nitrogen and oxygen atoms in total. The van der Waals surface area contributed by atoms with Crippen LogP contribution in [0.5, 0.6) is 11.5 Å². The van der Waals surface area contributed by atoms with Crippen LogP contribution in [0.25, 0.3) is 16.9 Å². The van der Waals surface area contributed by atoms with Crippen molar-refractivity contribution in [3.63, 3.8) is 0 Å². The van der Waals surface area contributed by atoms with E-state index >= 15 is 0 Å². The molecule has 0 saturated heterocycles. The molecule has 0 fully saturated rings. The number of fused-ring (bicyclic) bond motifs is 1. The number of ether oxygens (including phenoxy) is 2. The molecule has 1 aromatic carbocycles. The molecule has 36 heavy (non-hydrogen) atoms. The predicted octanol–water partition coefficient (Wildman–Crippen LogP) is 3.13. The summed E-state index contributed by atoms with van der Waals surface area (Å²) in [5.74, 6) is 0.493. The number of hydrogen-bond donors (Lipinski definition) is 1. The standard InChI is InChI=1S/C23H27N5O6S2/c1-23(2,3)35(29,30)21-14-28-18(12-24-22(28)10-20(21)34-6)15-7-8-19(33-5)17(9-15)26-36(31,32)16-11-25-27(4)13-16/h7-14,26H,1-6H3. The van der Waals surface area contributed by atoms with Crippen LogP contribution in [0.2, 0.25) is 0 Å². The molecular formula is C23H27N5O6S2. The summed E-state index contributed by atoms with van der Waals surface area (Å²) in [4.78, 5) is 4.41.